The van der Waals surface area contributed by atoms with Crippen LogP contribution >= 0.6 is 11.3 Å². The molecule has 8 nitrogen and oxygen atoms in total. The molecular weight excluding hydrogens is 534 g/mol. The predicted molar refractivity (Wildman–Crippen MR) is 141 cm³/mol. The molecule has 0 unspecified atom stereocenters. The number of anilines is 1. The van der Waals surface area contributed by atoms with Gasteiger partial charge in [0.2, 0.25) is 0 Å². The topological polar surface area (TPSA) is 114 Å². The van der Waals surface area contributed by atoms with Crippen molar-refractivity contribution in [3.05, 3.63) is 76.3 Å². The Morgan fingerprint density at radius 3 is 2.66 bits per heavy atom. The Hall–Kier alpha value is -3.90. The molecule has 1 saturated carbocycles. The minimum Gasteiger partial charge on any atom is -0.504 e. The zero-order valence-corrected chi connectivity index (χ0v) is 21.9. The quantitative estimate of drug-likeness (QED) is 0.260. The van der Waals surface area contributed by atoms with E-state index in [2.05, 4.69) is 19.7 Å². The SMILES string of the molecule is COc1cccc(C=Nc2cnc(S(=O)(=O)Nc3nc(-c4ccc(F)c(F)c4)c(C4CC4)s3)c(C)c2)c1O. The van der Waals surface area contributed by atoms with E-state index in [1.54, 1.807) is 31.2 Å². The van der Waals surface area contributed by atoms with Gasteiger partial charge in [-0.15, -0.1) is 11.3 Å². The van der Waals surface area contributed by atoms with Gasteiger partial charge in [-0.05, 0) is 67.6 Å². The number of halogens is 2. The molecule has 0 radical (unpaired) electrons. The first-order valence-electron chi connectivity index (χ1n) is 11.5. The summed E-state index contributed by atoms with van der Waals surface area (Å²) >= 11 is 1.17. The predicted octanol–water partition coefficient (Wildman–Crippen LogP) is 5.93. The number of thiazole rings is 1. The Balaban J connectivity index is 1.40. The number of phenols is 1. The highest BCUT2D eigenvalue weighted by atomic mass is 32.2. The van der Waals surface area contributed by atoms with Crippen molar-refractivity contribution in [2.45, 2.75) is 30.7 Å². The molecule has 2 aromatic heterocycles. The van der Waals surface area contributed by atoms with Crippen LogP contribution in [0.2, 0.25) is 0 Å². The van der Waals surface area contributed by atoms with Crippen LogP contribution < -0.4 is 9.46 Å². The largest absolute Gasteiger partial charge is 0.504 e. The van der Waals surface area contributed by atoms with Crippen LogP contribution in [0.5, 0.6) is 11.5 Å². The van der Waals surface area contributed by atoms with Crippen molar-refractivity contribution in [3.63, 3.8) is 0 Å². The fourth-order valence-corrected chi connectivity index (χ4v) is 6.41. The summed E-state index contributed by atoms with van der Waals surface area (Å²) < 4.78 is 61.2. The summed E-state index contributed by atoms with van der Waals surface area (Å²) in [5.74, 6) is -1.52. The van der Waals surface area contributed by atoms with E-state index in [1.807, 2.05) is 0 Å². The zero-order chi connectivity index (χ0) is 27.0. The molecule has 0 aliphatic heterocycles. The van der Waals surface area contributed by atoms with Crippen LogP contribution in [0.15, 0.2) is 58.7 Å². The number of phenolic OH excluding ortho intramolecular Hbond substituents is 1. The van der Waals surface area contributed by atoms with Gasteiger partial charge in [-0.2, -0.15) is 8.42 Å². The van der Waals surface area contributed by atoms with Crippen LogP contribution in [0.1, 0.15) is 34.8 Å². The maximum Gasteiger partial charge on any atom is 0.281 e. The molecule has 5 rings (SSSR count). The molecule has 2 aromatic carbocycles. The van der Waals surface area contributed by atoms with Crippen molar-refractivity contribution in [3.8, 4) is 22.8 Å². The summed E-state index contributed by atoms with van der Waals surface area (Å²) in [5.41, 5.74) is 1.97. The molecule has 0 spiro atoms. The normalized spacial score (nSPS) is 13.7. The number of aryl methyl sites for hydroxylation is 1. The lowest BCUT2D eigenvalue weighted by Gasteiger charge is -2.08. The summed E-state index contributed by atoms with van der Waals surface area (Å²) in [4.78, 5) is 13.6. The van der Waals surface area contributed by atoms with Crippen LogP contribution in [0.3, 0.4) is 0 Å². The minimum atomic E-state index is -4.11. The lowest BCUT2D eigenvalue weighted by atomic mass is 10.1. The first-order valence-corrected chi connectivity index (χ1v) is 13.8. The number of ether oxygens (including phenoxy) is 1. The molecule has 1 fully saturated rings. The van der Waals surface area contributed by atoms with E-state index in [0.29, 0.717) is 33.8 Å². The standard InChI is InChI=1S/C26H22F2N4O4S2/c1-14-10-18(29-12-17-4-3-5-21(36-2)23(17)33)13-30-25(14)38(34,35)32-26-31-22(24(37-26)15-6-7-15)16-8-9-19(27)20(28)11-16/h3-5,8-13,15,33H,6-7H2,1-2H3,(H,31,32). The van der Waals surface area contributed by atoms with Gasteiger partial charge in [0.25, 0.3) is 10.0 Å². The number of nitrogens with zero attached hydrogens (tertiary/aromatic N) is 3. The lowest BCUT2D eigenvalue weighted by molar-refractivity contribution is 0.373. The number of para-hydroxylation sites is 1. The lowest BCUT2D eigenvalue weighted by Crippen LogP contribution is -2.15. The Bertz CT molecular complexity index is 1670. The number of nitrogens with one attached hydrogen (secondary N) is 1. The van der Waals surface area contributed by atoms with E-state index in [1.165, 1.54) is 36.9 Å². The van der Waals surface area contributed by atoms with Gasteiger partial charge < -0.3 is 9.84 Å². The summed E-state index contributed by atoms with van der Waals surface area (Å²) in [7, 11) is -2.66. The molecule has 0 amide bonds. The maximum atomic E-state index is 13.8. The number of rotatable bonds is 8. The summed E-state index contributed by atoms with van der Waals surface area (Å²) in [6.45, 7) is 1.59. The van der Waals surface area contributed by atoms with Crippen LogP contribution in [-0.4, -0.2) is 36.8 Å². The van der Waals surface area contributed by atoms with Crippen LogP contribution in [0.4, 0.5) is 19.6 Å². The van der Waals surface area contributed by atoms with Gasteiger partial charge >= 0.3 is 0 Å². The van der Waals surface area contributed by atoms with E-state index >= 15 is 0 Å². The Kier molecular flexibility index (Phi) is 6.84. The summed E-state index contributed by atoms with van der Waals surface area (Å²) in [6.07, 6.45) is 4.57. The van der Waals surface area contributed by atoms with Crippen LogP contribution in [0, 0.1) is 18.6 Å². The highest BCUT2D eigenvalue weighted by Gasteiger charge is 2.31. The number of pyridine rings is 1. The second kappa shape index (κ2) is 10.1. The third-order valence-electron chi connectivity index (χ3n) is 5.89. The molecule has 1 aliphatic rings. The molecule has 38 heavy (non-hydrogen) atoms. The highest BCUT2D eigenvalue weighted by molar-refractivity contribution is 7.92. The van der Waals surface area contributed by atoms with E-state index < -0.39 is 21.7 Å². The molecule has 4 aromatic rings. The van der Waals surface area contributed by atoms with Gasteiger partial charge in [0.05, 0.1) is 24.7 Å². The third kappa shape index (κ3) is 5.22. The number of aromatic nitrogens is 2. The Labute approximate surface area is 221 Å². The van der Waals surface area contributed by atoms with Gasteiger partial charge in [-0.1, -0.05) is 6.07 Å². The number of benzene rings is 2. The fraction of sp³-hybridized carbons (Fsp3) is 0.192. The number of hydrogen-bond acceptors (Lipinski definition) is 8. The number of methoxy groups -OCH3 is 1. The number of hydrogen-bond donors (Lipinski definition) is 2. The van der Waals surface area contributed by atoms with Gasteiger partial charge in [0, 0.05) is 22.2 Å². The monoisotopic (exact) mass is 556 g/mol. The smallest absolute Gasteiger partial charge is 0.281 e. The van der Waals surface area contributed by atoms with Gasteiger partial charge in [0.1, 0.15) is 0 Å². The minimum absolute atomic E-state index is 0.0661. The van der Waals surface area contributed by atoms with Crippen molar-refractivity contribution in [1.29, 1.82) is 0 Å². The molecule has 0 atom stereocenters. The van der Waals surface area contributed by atoms with E-state index in [0.717, 1.165) is 29.9 Å². The zero-order valence-electron chi connectivity index (χ0n) is 20.3. The molecule has 0 saturated heterocycles. The van der Waals surface area contributed by atoms with Crippen molar-refractivity contribution in [2.75, 3.05) is 11.8 Å². The maximum absolute atomic E-state index is 13.8. The molecule has 2 N–H and O–H groups in total. The molecule has 0 bridgehead atoms. The molecule has 1 aliphatic carbocycles. The third-order valence-corrected chi connectivity index (χ3v) is 8.55. The second-order valence-corrected chi connectivity index (χ2v) is 11.3. The molecule has 12 heteroatoms. The van der Waals surface area contributed by atoms with E-state index in [-0.39, 0.29) is 21.8 Å². The first kappa shape index (κ1) is 25.7. The number of sulfonamides is 1. The Morgan fingerprint density at radius 1 is 1.18 bits per heavy atom. The molecule has 2 heterocycles. The average molecular weight is 557 g/mol. The van der Waals surface area contributed by atoms with Crippen molar-refractivity contribution in [1.82, 2.24) is 9.97 Å². The van der Waals surface area contributed by atoms with Crippen molar-refractivity contribution in [2.24, 2.45) is 4.99 Å². The number of aromatic hydroxyl groups is 1. The molecular formula is C26H22F2N4O4S2. The van der Waals surface area contributed by atoms with Gasteiger partial charge in [0.15, 0.2) is 33.3 Å². The van der Waals surface area contributed by atoms with Crippen LogP contribution in [0.25, 0.3) is 11.3 Å². The van der Waals surface area contributed by atoms with Crippen molar-refractivity contribution >= 4 is 38.4 Å². The van der Waals surface area contributed by atoms with Gasteiger partial charge in [-0.25, -0.2) is 18.7 Å². The fourth-order valence-electron chi connectivity index (χ4n) is 3.86. The van der Waals surface area contributed by atoms with Crippen LogP contribution in [-0.2, 0) is 10.0 Å². The molecule has 196 valence electrons. The van der Waals surface area contributed by atoms with E-state index in [9.17, 15) is 22.3 Å². The second-order valence-electron chi connectivity index (χ2n) is 8.71. The summed E-state index contributed by atoms with van der Waals surface area (Å²) in [5, 5.41) is 10.1. The average Bonchev–Trinajstić information content (AvgIpc) is 3.65. The highest BCUT2D eigenvalue weighted by Crippen LogP contribution is 2.48. The summed E-state index contributed by atoms with van der Waals surface area (Å²) in [6, 6.07) is 10.0. The first-order chi connectivity index (χ1) is 18.2. The van der Waals surface area contributed by atoms with Gasteiger partial charge in [-0.3, -0.25) is 9.71 Å². The van der Waals surface area contributed by atoms with E-state index in [4.69, 9.17) is 4.74 Å². The Morgan fingerprint density at radius 2 is 1.97 bits per heavy atom. The van der Waals surface area contributed by atoms with Crippen molar-refractivity contribution < 1.29 is 27.0 Å². The number of aliphatic imine (C=N–C) groups is 1.